The van der Waals surface area contributed by atoms with Gasteiger partial charge in [0, 0.05) is 13.3 Å². The maximum Gasteiger partial charge on any atom is 0.163 e. The summed E-state index contributed by atoms with van der Waals surface area (Å²) < 4.78 is 21.3. The molecule has 3 rings (SSSR count). The highest BCUT2D eigenvalue weighted by Gasteiger charge is 2.20. The summed E-state index contributed by atoms with van der Waals surface area (Å²) in [5.41, 5.74) is 2.03. The number of pyridine rings is 1. The average molecular weight is 285 g/mol. The molecule has 0 N–H and O–H groups in total. The molecule has 0 amide bonds. The minimum Gasteiger partial charge on any atom is -0.383 e. The number of fused-ring (bicyclic) bond motifs is 1. The number of hydrogen-bond acceptors (Lipinski definition) is 3. The molecule has 0 bridgehead atoms. The molecule has 0 fully saturated rings. The summed E-state index contributed by atoms with van der Waals surface area (Å²) >= 11 is 0. The summed E-state index contributed by atoms with van der Waals surface area (Å²) in [6.07, 6.45) is 1.57. The minimum absolute atomic E-state index is 0.0267. The van der Waals surface area contributed by atoms with Crippen molar-refractivity contribution in [3.63, 3.8) is 0 Å². The zero-order valence-electron chi connectivity index (χ0n) is 12.0. The SMILES string of the molecule is COCC(C)n1c(-c2ncccc2F)nc2ccccc21. The van der Waals surface area contributed by atoms with E-state index in [-0.39, 0.29) is 17.6 Å². The summed E-state index contributed by atoms with van der Waals surface area (Å²) in [7, 11) is 1.65. The van der Waals surface area contributed by atoms with Gasteiger partial charge < -0.3 is 9.30 Å². The van der Waals surface area contributed by atoms with Crippen LogP contribution in [0.2, 0.25) is 0 Å². The van der Waals surface area contributed by atoms with Gasteiger partial charge in [-0.2, -0.15) is 0 Å². The van der Waals surface area contributed by atoms with Crippen molar-refractivity contribution in [3.05, 3.63) is 48.4 Å². The topological polar surface area (TPSA) is 39.9 Å². The highest BCUT2D eigenvalue weighted by atomic mass is 19.1. The molecule has 0 saturated carbocycles. The molecular formula is C16H16FN3O. The zero-order chi connectivity index (χ0) is 14.8. The third kappa shape index (κ3) is 2.40. The Labute approximate surface area is 122 Å². The first kappa shape index (κ1) is 13.7. The lowest BCUT2D eigenvalue weighted by Crippen LogP contribution is -2.13. The summed E-state index contributed by atoms with van der Waals surface area (Å²) in [6.45, 7) is 2.53. The van der Waals surface area contributed by atoms with Gasteiger partial charge in [0.25, 0.3) is 0 Å². The number of hydrogen-bond donors (Lipinski definition) is 0. The summed E-state index contributed by atoms with van der Waals surface area (Å²) in [4.78, 5) is 8.70. The second-order valence-electron chi connectivity index (χ2n) is 4.93. The Balaban J connectivity index is 2.26. The number of methoxy groups -OCH3 is 1. The number of benzene rings is 1. The first-order valence-corrected chi connectivity index (χ1v) is 6.79. The van der Waals surface area contributed by atoms with Crippen LogP contribution in [0, 0.1) is 5.82 Å². The molecular weight excluding hydrogens is 269 g/mol. The van der Waals surface area contributed by atoms with Crippen LogP contribution in [-0.2, 0) is 4.74 Å². The Bertz CT molecular complexity index is 769. The quantitative estimate of drug-likeness (QED) is 0.737. The molecule has 0 saturated heterocycles. The highest BCUT2D eigenvalue weighted by molar-refractivity contribution is 5.80. The molecule has 1 unspecified atom stereocenters. The number of imidazole rings is 1. The fraction of sp³-hybridized carbons (Fsp3) is 0.250. The summed E-state index contributed by atoms with van der Waals surface area (Å²) in [5.74, 6) is 0.150. The number of ether oxygens (including phenoxy) is 1. The van der Waals surface area contributed by atoms with Crippen LogP contribution in [-0.4, -0.2) is 28.3 Å². The molecule has 5 heteroatoms. The highest BCUT2D eigenvalue weighted by Crippen LogP contribution is 2.28. The van der Waals surface area contributed by atoms with Crippen molar-refractivity contribution in [1.82, 2.24) is 14.5 Å². The molecule has 3 aromatic rings. The van der Waals surface area contributed by atoms with Crippen molar-refractivity contribution in [3.8, 4) is 11.5 Å². The lowest BCUT2D eigenvalue weighted by atomic mass is 10.2. The first-order valence-electron chi connectivity index (χ1n) is 6.79. The van der Waals surface area contributed by atoms with E-state index in [1.165, 1.54) is 6.07 Å². The van der Waals surface area contributed by atoms with E-state index in [1.54, 1.807) is 19.4 Å². The summed E-state index contributed by atoms with van der Waals surface area (Å²) in [6, 6.07) is 10.7. The number of aromatic nitrogens is 3. The van der Waals surface area contributed by atoms with Gasteiger partial charge in [-0.05, 0) is 31.2 Å². The van der Waals surface area contributed by atoms with Crippen molar-refractivity contribution >= 4 is 11.0 Å². The molecule has 0 radical (unpaired) electrons. The van der Waals surface area contributed by atoms with Crippen LogP contribution in [0.4, 0.5) is 4.39 Å². The molecule has 108 valence electrons. The van der Waals surface area contributed by atoms with Crippen LogP contribution in [0.15, 0.2) is 42.6 Å². The molecule has 21 heavy (non-hydrogen) atoms. The number of para-hydroxylation sites is 2. The maximum atomic E-state index is 14.1. The Morgan fingerprint density at radius 3 is 2.81 bits per heavy atom. The Morgan fingerprint density at radius 2 is 2.05 bits per heavy atom. The fourth-order valence-corrected chi connectivity index (χ4v) is 2.52. The Morgan fingerprint density at radius 1 is 1.24 bits per heavy atom. The molecule has 0 aliphatic heterocycles. The van der Waals surface area contributed by atoms with Gasteiger partial charge in [-0.15, -0.1) is 0 Å². The van der Waals surface area contributed by atoms with Crippen LogP contribution < -0.4 is 0 Å². The van der Waals surface area contributed by atoms with Crippen LogP contribution in [0.1, 0.15) is 13.0 Å². The Hall–Kier alpha value is -2.27. The normalized spacial score (nSPS) is 12.7. The van der Waals surface area contributed by atoms with Gasteiger partial charge >= 0.3 is 0 Å². The van der Waals surface area contributed by atoms with E-state index in [1.807, 2.05) is 35.8 Å². The fourth-order valence-electron chi connectivity index (χ4n) is 2.52. The van der Waals surface area contributed by atoms with Gasteiger partial charge in [-0.1, -0.05) is 12.1 Å². The van der Waals surface area contributed by atoms with Gasteiger partial charge in [0.2, 0.25) is 0 Å². The van der Waals surface area contributed by atoms with Crippen molar-refractivity contribution in [2.24, 2.45) is 0 Å². The second kappa shape index (κ2) is 5.61. The molecule has 1 aromatic carbocycles. The predicted octanol–water partition coefficient (Wildman–Crippen LogP) is 3.44. The van der Waals surface area contributed by atoms with E-state index in [4.69, 9.17) is 4.74 Å². The minimum atomic E-state index is -0.376. The average Bonchev–Trinajstić information content (AvgIpc) is 2.87. The van der Waals surface area contributed by atoms with Gasteiger partial charge in [0.1, 0.15) is 5.69 Å². The van der Waals surface area contributed by atoms with E-state index in [0.29, 0.717) is 12.4 Å². The molecule has 0 aliphatic rings. The van der Waals surface area contributed by atoms with Gasteiger partial charge in [-0.25, -0.2) is 14.4 Å². The summed E-state index contributed by atoms with van der Waals surface area (Å²) in [5, 5.41) is 0. The molecule has 1 atom stereocenters. The molecule has 2 aromatic heterocycles. The first-order chi connectivity index (χ1) is 10.2. The van der Waals surface area contributed by atoms with Crippen LogP contribution >= 0.6 is 0 Å². The predicted molar refractivity (Wildman–Crippen MR) is 79.5 cm³/mol. The standard InChI is InChI=1S/C16H16FN3O/c1-11(10-21-2)20-14-8-4-3-7-13(14)19-16(20)15-12(17)6-5-9-18-15/h3-9,11H,10H2,1-2H3. The number of rotatable bonds is 4. The van der Waals surface area contributed by atoms with Crippen molar-refractivity contribution in [2.75, 3.05) is 13.7 Å². The van der Waals surface area contributed by atoms with Crippen LogP contribution in [0.25, 0.3) is 22.6 Å². The lowest BCUT2D eigenvalue weighted by molar-refractivity contribution is 0.164. The third-order valence-corrected chi connectivity index (χ3v) is 3.41. The smallest absolute Gasteiger partial charge is 0.163 e. The lowest BCUT2D eigenvalue weighted by Gasteiger charge is -2.16. The van der Waals surface area contributed by atoms with E-state index in [0.717, 1.165) is 11.0 Å². The molecule has 4 nitrogen and oxygen atoms in total. The third-order valence-electron chi connectivity index (χ3n) is 3.41. The second-order valence-corrected chi connectivity index (χ2v) is 4.93. The number of nitrogens with zero attached hydrogens (tertiary/aromatic N) is 3. The molecule has 0 spiro atoms. The van der Waals surface area contributed by atoms with E-state index in [9.17, 15) is 4.39 Å². The van der Waals surface area contributed by atoms with Crippen molar-refractivity contribution in [2.45, 2.75) is 13.0 Å². The van der Waals surface area contributed by atoms with Gasteiger partial charge in [0.05, 0.1) is 23.7 Å². The van der Waals surface area contributed by atoms with Gasteiger partial charge in [-0.3, -0.25) is 0 Å². The largest absolute Gasteiger partial charge is 0.383 e. The van der Waals surface area contributed by atoms with Crippen molar-refractivity contribution < 1.29 is 9.13 Å². The van der Waals surface area contributed by atoms with E-state index < -0.39 is 0 Å². The van der Waals surface area contributed by atoms with Crippen LogP contribution in [0.5, 0.6) is 0 Å². The Kier molecular flexibility index (Phi) is 3.66. The maximum absolute atomic E-state index is 14.1. The molecule has 0 aliphatic carbocycles. The van der Waals surface area contributed by atoms with E-state index >= 15 is 0 Å². The van der Waals surface area contributed by atoms with Crippen LogP contribution in [0.3, 0.4) is 0 Å². The number of halogens is 1. The van der Waals surface area contributed by atoms with Crippen molar-refractivity contribution in [1.29, 1.82) is 0 Å². The monoisotopic (exact) mass is 285 g/mol. The zero-order valence-corrected chi connectivity index (χ0v) is 12.0. The molecule has 2 heterocycles. The van der Waals surface area contributed by atoms with Gasteiger partial charge in [0.15, 0.2) is 11.6 Å². The van der Waals surface area contributed by atoms with E-state index in [2.05, 4.69) is 9.97 Å².